The average Bonchev–Trinajstić information content (AvgIpc) is 2.47. The van der Waals surface area contributed by atoms with Gasteiger partial charge in [0, 0.05) is 17.8 Å². The van der Waals surface area contributed by atoms with Gasteiger partial charge in [0.15, 0.2) is 0 Å². The number of nitrogens with zero attached hydrogens (tertiary/aromatic N) is 1. The SMILES string of the molecule is CC(O)(O)C(O)(O)C(O)(O)N1PNPNP1Oc1ccccc1. The van der Waals surface area contributed by atoms with E-state index in [0.29, 0.717) is 12.7 Å². The summed E-state index contributed by atoms with van der Waals surface area (Å²) in [5.74, 6) is -9.86. The third-order valence-electron chi connectivity index (χ3n) is 2.92. The maximum absolute atomic E-state index is 10.2. The molecule has 0 aromatic heterocycles. The largest absolute Gasteiger partial charge is 0.444 e. The first-order chi connectivity index (χ1) is 10.6. The fourth-order valence-corrected chi connectivity index (χ4v) is 6.40. The predicted molar refractivity (Wildman–Crippen MR) is 85.9 cm³/mol. The first kappa shape index (κ1) is 19.3. The topological polar surface area (TPSA) is 158 Å². The minimum Gasteiger partial charge on any atom is -0.444 e. The zero-order valence-corrected chi connectivity index (χ0v) is 14.8. The summed E-state index contributed by atoms with van der Waals surface area (Å²) in [6.07, 6.45) is 0. The van der Waals surface area contributed by atoms with E-state index >= 15 is 0 Å². The summed E-state index contributed by atoms with van der Waals surface area (Å²) in [6, 6.07) is 8.48. The van der Waals surface area contributed by atoms with Crippen molar-refractivity contribution in [2.75, 3.05) is 0 Å². The van der Waals surface area contributed by atoms with E-state index in [0.717, 1.165) is 4.44 Å². The molecule has 1 heterocycles. The van der Waals surface area contributed by atoms with E-state index in [9.17, 15) is 30.6 Å². The fourth-order valence-electron chi connectivity index (χ4n) is 1.57. The molecule has 10 nitrogen and oxygen atoms in total. The second-order valence-electron chi connectivity index (χ2n) is 4.79. The van der Waals surface area contributed by atoms with Crippen LogP contribution in [0.2, 0.25) is 0 Å². The van der Waals surface area contributed by atoms with Gasteiger partial charge >= 0.3 is 0 Å². The maximum Gasteiger partial charge on any atom is 0.298 e. The van der Waals surface area contributed by atoms with E-state index < -0.39 is 34.8 Å². The molecule has 1 saturated heterocycles. The molecule has 8 N–H and O–H groups in total. The van der Waals surface area contributed by atoms with Gasteiger partial charge in [-0.2, -0.15) is 0 Å². The lowest BCUT2D eigenvalue weighted by molar-refractivity contribution is -0.463. The molecule has 0 aliphatic carbocycles. The van der Waals surface area contributed by atoms with Crippen molar-refractivity contribution in [1.82, 2.24) is 14.2 Å². The molecule has 0 amide bonds. The van der Waals surface area contributed by atoms with Crippen molar-refractivity contribution in [3.63, 3.8) is 0 Å². The van der Waals surface area contributed by atoms with Gasteiger partial charge in [-0.1, -0.05) is 18.2 Å². The van der Waals surface area contributed by atoms with Crippen LogP contribution in [0.1, 0.15) is 6.92 Å². The number of benzene rings is 1. The molecular weight excluding hydrogens is 367 g/mol. The standard InChI is InChI=1S/C10H18N3O7P3/c1-8(14,15)9(16,17)10(18,19)13-22-11-21-12-23(13)20-7-5-3-2-4-6-7/h2-6,11-12,14-19,21-22H,1H3. The fraction of sp³-hybridized carbons (Fsp3) is 0.400. The molecule has 3 atom stereocenters. The lowest BCUT2D eigenvalue weighted by Crippen LogP contribution is -2.71. The first-order valence-corrected chi connectivity index (χ1v) is 9.42. The molecule has 1 aromatic rings. The van der Waals surface area contributed by atoms with E-state index in [-0.39, 0.29) is 8.88 Å². The van der Waals surface area contributed by atoms with Crippen LogP contribution in [0.15, 0.2) is 30.3 Å². The summed E-state index contributed by atoms with van der Waals surface area (Å²) in [4.78, 5) is 5.62. The summed E-state index contributed by atoms with van der Waals surface area (Å²) in [7, 11) is -2.35. The molecule has 23 heavy (non-hydrogen) atoms. The van der Waals surface area contributed by atoms with Crippen LogP contribution >= 0.6 is 26.2 Å². The summed E-state index contributed by atoms with van der Waals surface area (Å²) < 4.78 is 6.38. The van der Waals surface area contributed by atoms with E-state index in [1.54, 1.807) is 30.3 Å². The zero-order chi connectivity index (χ0) is 17.3. The molecule has 0 saturated carbocycles. The van der Waals surface area contributed by atoms with Gasteiger partial charge in [-0.25, -0.2) is 4.86 Å². The van der Waals surface area contributed by atoms with Crippen molar-refractivity contribution in [2.45, 2.75) is 24.4 Å². The van der Waals surface area contributed by atoms with Crippen molar-refractivity contribution in [3.05, 3.63) is 30.3 Å². The van der Waals surface area contributed by atoms with Crippen molar-refractivity contribution in [1.29, 1.82) is 0 Å². The van der Waals surface area contributed by atoms with Gasteiger partial charge in [0.2, 0.25) is 5.79 Å². The lowest BCUT2D eigenvalue weighted by Gasteiger charge is -2.48. The number of hydrogen-bond acceptors (Lipinski definition) is 10. The molecule has 1 aliphatic rings. The molecule has 0 bridgehead atoms. The molecule has 1 fully saturated rings. The number of nitrogens with one attached hydrogen (secondary N) is 2. The molecular formula is C10H18N3O7P3. The molecule has 130 valence electrons. The van der Waals surface area contributed by atoms with Crippen LogP contribution in [-0.4, -0.2) is 52.6 Å². The minimum atomic E-state index is -3.67. The van der Waals surface area contributed by atoms with E-state index in [2.05, 4.69) is 9.72 Å². The van der Waals surface area contributed by atoms with Crippen molar-refractivity contribution in [3.8, 4) is 5.75 Å². The smallest absolute Gasteiger partial charge is 0.298 e. The number of rotatable bonds is 5. The number of aliphatic hydroxyl groups is 6. The summed E-state index contributed by atoms with van der Waals surface area (Å²) in [5.41, 5.74) is 0. The number of hydrogen-bond donors (Lipinski definition) is 8. The summed E-state index contributed by atoms with van der Waals surface area (Å²) >= 11 is 0. The van der Waals surface area contributed by atoms with Gasteiger partial charge in [0.05, 0.1) is 0 Å². The monoisotopic (exact) mass is 385 g/mol. The van der Waals surface area contributed by atoms with Gasteiger partial charge in [0.25, 0.3) is 20.1 Å². The molecule has 1 aromatic carbocycles. The zero-order valence-electron chi connectivity index (χ0n) is 11.9. The molecule has 13 heteroatoms. The Morgan fingerprint density at radius 1 is 1.09 bits per heavy atom. The normalized spacial score (nSPS) is 23.3. The lowest BCUT2D eigenvalue weighted by atomic mass is 10.0. The predicted octanol–water partition coefficient (Wildman–Crippen LogP) is -1.18. The highest BCUT2D eigenvalue weighted by Gasteiger charge is 2.64. The highest BCUT2D eigenvalue weighted by molar-refractivity contribution is 7.71. The van der Waals surface area contributed by atoms with Crippen LogP contribution < -0.4 is 14.2 Å². The van der Waals surface area contributed by atoms with Crippen LogP contribution in [-0.2, 0) is 0 Å². The van der Waals surface area contributed by atoms with Crippen molar-refractivity contribution in [2.24, 2.45) is 0 Å². The van der Waals surface area contributed by atoms with Crippen LogP contribution in [0, 0.1) is 0 Å². The molecule has 3 unspecified atom stereocenters. The Balaban J connectivity index is 2.26. The Labute approximate surface area is 136 Å². The Kier molecular flexibility index (Phi) is 5.91. The second-order valence-corrected chi connectivity index (χ2v) is 9.11. The Morgan fingerprint density at radius 2 is 1.70 bits per heavy atom. The van der Waals surface area contributed by atoms with Gasteiger partial charge in [-0.3, -0.25) is 4.86 Å². The van der Waals surface area contributed by atoms with Gasteiger partial charge < -0.3 is 35.2 Å². The van der Waals surface area contributed by atoms with E-state index in [1.807, 2.05) is 0 Å². The molecule has 1 aliphatic heterocycles. The van der Waals surface area contributed by atoms with Crippen molar-refractivity contribution >= 4 is 26.2 Å². The number of para-hydroxylation sites is 1. The van der Waals surface area contributed by atoms with Gasteiger partial charge in [-0.05, 0) is 19.1 Å². The maximum atomic E-state index is 10.2. The van der Waals surface area contributed by atoms with Crippen LogP contribution in [0.25, 0.3) is 0 Å². The summed E-state index contributed by atoms with van der Waals surface area (Å²) in [5, 5.41) is 58.9. The quantitative estimate of drug-likeness (QED) is 0.229. The van der Waals surface area contributed by atoms with E-state index in [1.165, 1.54) is 0 Å². The average molecular weight is 385 g/mol. The molecule has 0 spiro atoms. The van der Waals surface area contributed by atoms with Crippen molar-refractivity contribution < 1.29 is 35.2 Å². The molecule has 2 rings (SSSR count). The Hall–Kier alpha value is -0.0500. The highest BCUT2D eigenvalue weighted by atomic mass is 31.2. The third-order valence-corrected chi connectivity index (χ3v) is 7.47. The Bertz CT molecular complexity index is 528. The third kappa shape index (κ3) is 3.96. The Morgan fingerprint density at radius 3 is 2.26 bits per heavy atom. The van der Waals surface area contributed by atoms with Crippen LogP contribution in [0.3, 0.4) is 0 Å². The van der Waals surface area contributed by atoms with Gasteiger partial charge in [-0.15, -0.1) is 4.44 Å². The first-order valence-electron chi connectivity index (χ1n) is 6.26. The highest BCUT2D eigenvalue weighted by Crippen LogP contribution is 2.56. The second kappa shape index (κ2) is 7.06. The van der Waals surface area contributed by atoms with Crippen LogP contribution in [0.4, 0.5) is 0 Å². The summed E-state index contributed by atoms with van der Waals surface area (Å²) in [6.45, 7) is 0.615. The van der Waals surface area contributed by atoms with E-state index in [4.69, 9.17) is 4.52 Å². The minimum absolute atomic E-state index is 0.0328. The molecule has 0 radical (unpaired) electrons. The van der Waals surface area contributed by atoms with Gasteiger partial charge in [0.1, 0.15) is 5.75 Å². The van der Waals surface area contributed by atoms with Crippen LogP contribution in [0.5, 0.6) is 5.75 Å².